The lowest BCUT2D eigenvalue weighted by Crippen LogP contribution is -2.42. The molecule has 3 fully saturated rings. The summed E-state index contributed by atoms with van der Waals surface area (Å²) in [6.45, 7) is 3.77. The van der Waals surface area contributed by atoms with Gasteiger partial charge in [-0.25, -0.2) is 9.97 Å². The summed E-state index contributed by atoms with van der Waals surface area (Å²) >= 11 is 3.37. The van der Waals surface area contributed by atoms with Crippen LogP contribution < -0.4 is 4.90 Å². The molecule has 1 saturated carbocycles. The van der Waals surface area contributed by atoms with Gasteiger partial charge in [0.05, 0.1) is 4.47 Å². The van der Waals surface area contributed by atoms with Crippen LogP contribution in [0.15, 0.2) is 16.9 Å². The quantitative estimate of drug-likeness (QED) is 0.775. The van der Waals surface area contributed by atoms with Crippen LogP contribution in [0.4, 0.5) is 5.95 Å². The molecule has 2 aliphatic heterocycles. The van der Waals surface area contributed by atoms with E-state index < -0.39 is 0 Å². The van der Waals surface area contributed by atoms with E-state index in [1.165, 1.54) is 25.7 Å². The van der Waals surface area contributed by atoms with Crippen molar-refractivity contribution in [2.75, 3.05) is 31.1 Å². The third kappa shape index (κ3) is 3.30. The van der Waals surface area contributed by atoms with Crippen LogP contribution in [0, 0.1) is 17.8 Å². The molecule has 130 valence electrons. The van der Waals surface area contributed by atoms with Gasteiger partial charge in [0.1, 0.15) is 0 Å². The van der Waals surface area contributed by atoms with Crippen molar-refractivity contribution in [3.05, 3.63) is 16.9 Å². The van der Waals surface area contributed by atoms with Crippen molar-refractivity contribution < 1.29 is 4.79 Å². The summed E-state index contributed by atoms with van der Waals surface area (Å²) < 4.78 is 0.895. The van der Waals surface area contributed by atoms with Crippen molar-refractivity contribution in [3.8, 4) is 0 Å². The summed E-state index contributed by atoms with van der Waals surface area (Å²) in [5.41, 5.74) is 0. The predicted octanol–water partition coefficient (Wildman–Crippen LogP) is 3.10. The zero-order valence-electron chi connectivity index (χ0n) is 14.0. The first-order valence-electron chi connectivity index (χ1n) is 9.22. The first-order valence-corrected chi connectivity index (χ1v) is 10.0. The Hall–Kier alpha value is -1.17. The van der Waals surface area contributed by atoms with Crippen molar-refractivity contribution in [1.29, 1.82) is 0 Å². The number of amides is 1. The molecule has 0 radical (unpaired) electrons. The number of hydrogen-bond donors (Lipinski definition) is 0. The van der Waals surface area contributed by atoms with Gasteiger partial charge in [0, 0.05) is 44.5 Å². The molecule has 6 heteroatoms. The van der Waals surface area contributed by atoms with E-state index in [0.29, 0.717) is 5.91 Å². The highest BCUT2D eigenvalue weighted by atomic mass is 79.9. The SMILES string of the molecule is O=C(C1CCN(c2ncc(Br)cn2)CC1)N1CC2CCCCC2C1. The zero-order valence-corrected chi connectivity index (χ0v) is 15.6. The molecule has 0 bridgehead atoms. The molecular weight excluding hydrogens is 368 g/mol. The number of carbonyl (C=O) groups excluding carboxylic acids is 1. The monoisotopic (exact) mass is 392 g/mol. The molecule has 24 heavy (non-hydrogen) atoms. The maximum absolute atomic E-state index is 12.9. The molecule has 2 unspecified atom stereocenters. The van der Waals surface area contributed by atoms with Gasteiger partial charge >= 0.3 is 0 Å². The Morgan fingerprint density at radius 1 is 1.00 bits per heavy atom. The van der Waals surface area contributed by atoms with Crippen molar-refractivity contribution >= 4 is 27.8 Å². The van der Waals surface area contributed by atoms with Crippen LogP contribution in [-0.2, 0) is 4.79 Å². The number of carbonyl (C=O) groups is 1. The van der Waals surface area contributed by atoms with Gasteiger partial charge in [-0.1, -0.05) is 12.8 Å². The summed E-state index contributed by atoms with van der Waals surface area (Å²) in [6, 6.07) is 0. The van der Waals surface area contributed by atoms with Crippen LogP contribution in [0.1, 0.15) is 38.5 Å². The molecule has 0 aromatic carbocycles. The van der Waals surface area contributed by atoms with E-state index in [1.54, 1.807) is 12.4 Å². The highest BCUT2D eigenvalue weighted by Gasteiger charge is 2.39. The second-order valence-electron chi connectivity index (χ2n) is 7.51. The van der Waals surface area contributed by atoms with E-state index in [9.17, 15) is 4.79 Å². The minimum absolute atomic E-state index is 0.192. The van der Waals surface area contributed by atoms with Crippen LogP contribution in [0.25, 0.3) is 0 Å². The van der Waals surface area contributed by atoms with Crippen molar-refractivity contribution in [1.82, 2.24) is 14.9 Å². The van der Waals surface area contributed by atoms with E-state index in [-0.39, 0.29) is 5.92 Å². The molecule has 3 aliphatic rings. The smallest absolute Gasteiger partial charge is 0.225 e. The normalized spacial score (nSPS) is 28.0. The Kier molecular flexibility index (Phi) is 4.74. The molecule has 2 saturated heterocycles. The zero-order chi connectivity index (χ0) is 16.5. The Morgan fingerprint density at radius 2 is 1.58 bits per heavy atom. The van der Waals surface area contributed by atoms with Crippen molar-refractivity contribution in [2.24, 2.45) is 17.8 Å². The molecule has 2 atom stereocenters. The van der Waals surface area contributed by atoms with Crippen molar-refractivity contribution in [2.45, 2.75) is 38.5 Å². The van der Waals surface area contributed by atoms with Gasteiger partial charge in [0.25, 0.3) is 0 Å². The lowest BCUT2D eigenvalue weighted by molar-refractivity contribution is -0.135. The fourth-order valence-electron chi connectivity index (χ4n) is 4.64. The fourth-order valence-corrected chi connectivity index (χ4v) is 4.84. The largest absolute Gasteiger partial charge is 0.342 e. The summed E-state index contributed by atoms with van der Waals surface area (Å²) in [5, 5.41) is 0. The van der Waals surface area contributed by atoms with Crippen LogP contribution in [0.3, 0.4) is 0 Å². The Balaban J connectivity index is 1.32. The molecule has 1 aromatic heterocycles. The number of likely N-dealkylation sites (tertiary alicyclic amines) is 1. The number of nitrogens with zero attached hydrogens (tertiary/aromatic N) is 4. The van der Waals surface area contributed by atoms with E-state index in [4.69, 9.17) is 0 Å². The third-order valence-corrected chi connectivity index (χ3v) is 6.43. The molecule has 0 N–H and O–H groups in total. The highest BCUT2D eigenvalue weighted by molar-refractivity contribution is 9.10. The van der Waals surface area contributed by atoms with Gasteiger partial charge in [0.15, 0.2) is 0 Å². The topological polar surface area (TPSA) is 49.3 Å². The first kappa shape index (κ1) is 16.3. The van der Waals surface area contributed by atoms with E-state index in [1.807, 2.05) is 0 Å². The van der Waals surface area contributed by atoms with Gasteiger partial charge in [0.2, 0.25) is 11.9 Å². The molecule has 4 rings (SSSR count). The average molecular weight is 393 g/mol. The van der Waals surface area contributed by atoms with Crippen molar-refractivity contribution in [3.63, 3.8) is 0 Å². The number of rotatable bonds is 2. The standard InChI is InChI=1S/C18H25BrN4O/c19-16-9-20-18(21-10-16)22-7-5-13(6-8-22)17(24)23-11-14-3-1-2-4-15(14)12-23/h9-10,13-15H,1-8,11-12H2. The van der Waals surface area contributed by atoms with Crippen LogP contribution in [0.2, 0.25) is 0 Å². The first-order chi connectivity index (χ1) is 11.7. The molecule has 5 nitrogen and oxygen atoms in total. The second-order valence-corrected chi connectivity index (χ2v) is 8.43. The summed E-state index contributed by atoms with van der Waals surface area (Å²) in [6.07, 6.45) is 10.8. The molecule has 3 heterocycles. The number of fused-ring (bicyclic) bond motifs is 1. The fraction of sp³-hybridized carbons (Fsp3) is 0.722. The number of anilines is 1. The van der Waals surface area contributed by atoms with Gasteiger partial charge in [-0.3, -0.25) is 4.79 Å². The molecule has 0 spiro atoms. The molecule has 1 amide bonds. The van der Waals surface area contributed by atoms with Crippen LogP contribution in [0.5, 0.6) is 0 Å². The Bertz CT molecular complexity index is 571. The number of aromatic nitrogens is 2. The molecule has 1 aliphatic carbocycles. The highest BCUT2D eigenvalue weighted by Crippen LogP contribution is 2.37. The number of halogens is 1. The minimum Gasteiger partial charge on any atom is -0.342 e. The van der Waals surface area contributed by atoms with Crippen LogP contribution >= 0.6 is 15.9 Å². The molecular formula is C18H25BrN4O. The average Bonchev–Trinajstić information content (AvgIpc) is 3.06. The Labute approximate surface area is 152 Å². The van der Waals surface area contributed by atoms with E-state index in [2.05, 4.69) is 35.7 Å². The summed E-state index contributed by atoms with van der Waals surface area (Å²) in [7, 11) is 0. The maximum Gasteiger partial charge on any atom is 0.225 e. The van der Waals surface area contributed by atoms with Gasteiger partial charge in [-0.2, -0.15) is 0 Å². The lowest BCUT2D eigenvalue weighted by Gasteiger charge is -2.33. The number of hydrogen-bond acceptors (Lipinski definition) is 4. The summed E-state index contributed by atoms with van der Waals surface area (Å²) in [5.74, 6) is 2.92. The van der Waals surface area contributed by atoms with Crippen LogP contribution in [-0.4, -0.2) is 47.0 Å². The van der Waals surface area contributed by atoms with Gasteiger partial charge in [-0.15, -0.1) is 0 Å². The lowest BCUT2D eigenvalue weighted by atomic mass is 9.82. The van der Waals surface area contributed by atoms with E-state index >= 15 is 0 Å². The van der Waals surface area contributed by atoms with E-state index in [0.717, 1.165) is 61.3 Å². The Morgan fingerprint density at radius 3 is 2.17 bits per heavy atom. The van der Waals surface area contributed by atoms with Gasteiger partial charge < -0.3 is 9.80 Å². The maximum atomic E-state index is 12.9. The molecule has 1 aromatic rings. The van der Waals surface area contributed by atoms with Gasteiger partial charge in [-0.05, 0) is 53.4 Å². The predicted molar refractivity (Wildman–Crippen MR) is 96.7 cm³/mol. The number of piperidine rings is 1. The summed E-state index contributed by atoms with van der Waals surface area (Å²) in [4.78, 5) is 26.0. The third-order valence-electron chi connectivity index (χ3n) is 6.02. The second kappa shape index (κ2) is 6.98. The minimum atomic E-state index is 0.192.